The number of carbonyl (C=O) groups excluding carboxylic acids is 1. The molecule has 0 unspecified atom stereocenters. The maximum atomic E-state index is 11.8. The zero-order valence-electron chi connectivity index (χ0n) is 11.1. The van der Waals surface area contributed by atoms with Gasteiger partial charge in [0.25, 0.3) is 5.69 Å². The zero-order chi connectivity index (χ0) is 14.7. The van der Waals surface area contributed by atoms with Crippen LogP contribution in [0.4, 0.5) is 5.69 Å². The van der Waals surface area contributed by atoms with E-state index in [2.05, 4.69) is 0 Å². The first-order valence-corrected chi connectivity index (χ1v) is 5.97. The summed E-state index contributed by atoms with van der Waals surface area (Å²) in [7, 11) is 1.25. The van der Waals surface area contributed by atoms with Crippen molar-refractivity contribution in [3.63, 3.8) is 0 Å². The molecule has 0 amide bonds. The number of nitrogens with zero attached hydrogens (tertiary/aromatic N) is 1. The van der Waals surface area contributed by atoms with Crippen LogP contribution in [-0.2, 0) is 4.74 Å². The van der Waals surface area contributed by atoms with Crippen molar-refractivity contribution in [1.82, 2.24) is 0 Å². The average Bonchev–Trinajstić information content (AvgIpc) is 2.46. The van der Waals surface area contributed by atoms with Crippen LogP contribution in [0.25, 0.3) is 11.1 Å². The Kier molecular flexibility index (Phi) is 3.79. The van der Waals surface area contributed by atoms with Gasteiger partial charge >= 0.3 is 5.97 Å². The number of aryl methyl sites for hydroxylation is 1. The van der Waals surface area contributed by atoms with Gasteiger partial charge in [-0.2, -0.15) is 0 Å². The maximum Gasteiger partial charge on any atom is 0.338 e. The monoisotopic (exact) mass is 271 g/mol. The first-order chi connectivity index (χ1) is 9.54. The predicted molar refractivity (Wildman–Crippen MR) is 74.6 cm³/mol. The molecule has 0 N–H and O–H groups in total. The number of rotatable bonds is 3. The second-order valence-electron chi connectivity index (χ2n) is 4.31. The Hall–Kier alpha value is -2.69. The smallest absolute Gasteiger partial charge is 0.338 e. The van der Waals surface area contributed by atoms with Crippen LogP contribution >= 0.6 is 0 Å². The van der Waals surface area contributed by atoms with E-state index in [1.54, 1.807) is 12.1 Å². The van der Waals surface area contributed by atoms with E-state index in [0.29, 0.717) is 5.56 Å². The Morgan fingerprint density at radius 2 is 1.80 bits per heavy atom. The number of hydrogen-bond acceptors (Lipinski definition) is 4. The van der Waals surface area contributed by atoms with Gasteiger partial charge in [-0.25, -0.2) is 4.79 Å². The van der Waals surface area contributed by atoms with E-state index in [-0.39, 0.29) is 16.8 Å². The molecule has 0 fully saturated rings. The van der Waals surface area contributed by atoms with Gasteiger partial charge < -0.3 is 4.74 Å². The molecule has 0 aromatic heterocycles. The molecule has 0 saturated heterocycles. The minimum Gasteiger partial charge on any atom is -0.465 e. The first kappa shape index (κ1) is 13.7. The lowest BCUT2D eigenvalue weighted by Crippen LogP contribution is -2.05. The van der Waals surface area contributed by atoms with Gasteiger partial charge in [-0.3, -0.25) is 10.1 Å². The Morgan fingerprint density at radius 1 is 1.15 bits per heavy atom. The molecule has 5 heteroatoms. The largest absolute Gasteiger partial charge is 0.465 e. The van der Waals surface area contributed by atoms with Crippen molar-refractivity contribution in [3.05, 3.63) is 63.7 Å². The number of nitro groups is 1. The molecule has 0 saturated carbocycles. The third kappa shape index (κ3) is 2.51. The number of methoxy groups -OCH3 is 1. The van der Waals surface area contributed by atoms with Crippen LogP contribution in [0.1, 0.15) is 15.9 Å². The van der Waals surface area contributed by atoms with Crippen molar-refractivity contribution in [2.45, 2.75) is 6.92 Å². The number of nitro benzene ring substituents is 1. The fraction of sp³-hybridized carbons (Fsp3) is 0.133. The second-order valence-corrected chi connectivity index (χ2v) is 4.31. The van der Waals surface area contributed by atoms with Crippen molar-refractivity contribution < 1.29 is 14.5 Å². The van der Waals surface area contributed by atoms with Crippen LogP contribution < -0.4 is 0 Å². The Morgan fingerprint density at radius 3 is 2.35 bits per heavy atom. The summed E-state index contributed by atoms with van der Waals surface area (Å²) in [6.07, 6.45) is 0. The molecule has 2 aromatic carbocycles. The molecule has 102 valence electrons. The van der Waals surface area contributed by atoms with E-state index in [0.717, 1.165) is 5.56 Å². The Balaban J connectivity index is 2.72. The van der Waals surface area contributed by atoms with Crippen molar-refractivity contribution >= 4 is 11.7 Å². The molecule has 5 nitrogen and oxygen atoms in total. The highest BCUT2D eigenvalue weighted by molar-refractivity contribution is 6.00. The molecule has 2 aromatic rings. The minimum atomic E-state index is -0.593. The normalized spacial score (nSPS) is 10.1. The van der Waals surface area contributed by atoms with Crippen molar-refractivity contribution in [2.75, 3.05) is 7.11 Å². The number of ether oxygens (including phenoxy) is 1. The summed E-state index contributed by atoms with van der Waals surface area (Å²) in [4.78, 5) is 22.5. The van der Waals surface area contributed by atoms with Gasteiger partial charge in [0.1, 0.15) is 0 Å². The van der Waals surface area contributed by atoms with E-state index in [4.69, 9.17) is 4.74 Å². The molecule has 0 aliphatic carbocycles. The zero-order valence-corrected chi connectivity index (χ0v) is 11.1. The average molecular weight is 271 g/mol. The summed E-state index contributed by atoms with van der Waals surface area (Å²) in [5, 5.41) is 11.2. The predicted octanol–water partition coefficient (Wildman–Crippen LogP) is 3.36. The lowest BCUT2D eigenvalue weighted by molar-refractivity contribution is -0.384. The van der Waals surface area contributed by atoms with E-state index in [1.807, 2.05) is 19.1 Å². The van der Waals surface area contributed by atoms with Crippen LogP contribution in [0.15, 0.2) is 42.5 Å². The van der Waals surface area contributed by atoms with Gasteiger partial charge in [0, 0.05) is 6.07 Å². The standard InChI is InChI=1S/C15H13NO4/c1-10-6-8-11(9-7-10)14-12(15(17)20-2)4-3-5-13(14)16(18)19/h3-9H,1-2H3. The summed E-state index contributed by atoms with van der Waals surface area (Å²) >= 11 is 0. The lowest BCUT2D eigenvalue weighted by Gasteiger charge is -2.09. The van der Waals surface area contributed by atoms with Crippen molar-refractivity contribution in [2.24, 2.45) is 0 Å². The Bertz CT molecular complexity index is 662. The first-order valence-electron chi connectivity index (χ1n) is 5.97. The molecule has 0 heterocycles. The highest BCUT2D eigenvalue weighted by Crippen LogP contribution is 2.33. The number of carbonyl (C=O) groups is 1. The minimum absolute atomic E-state index is 0.114. The van der Waals surface area contributed by atoms with Crippen LogP contribution in [0, 0.1) is 17.0 Å². The van der Waals surface area contributed by atoms with Crippen LogP contribution in [-0.4, -0.2) is 18.0 Å². The Labute approximate surface area is 116 Å². The summed E-state index contributed by atoms with van der Waals surface area (Å²) in [5.41, 5.74) is 2.00. The molecule has 0 aliphatic heterocycles. The molecule has 20 heavy (non-hydrogen) atoms. The fourth-order valence-corrected chi connectivity index (χ4v) is 2.00. The summed E-state index contributed by atoms with van der Waals surface area (Å²) in [5.74, 6) is -0.593. The molecular formula is C15H13NO4. The third-order valence-electron chi connectivity index (χ3n) is 2.98. The van der Waals surface area contributed by atoms with Gasteiger partial charge in [-0.1, -0.05) is 35.9 Å². The van der Waals surface area contributed by atoms with Crippen LogP contribution in [0.2, 0.25) is 0 Å². The van der Waals surface area contributed by atoms with Gasteiger partial charge in [-0.05, 0) is 18.6 Å². The topological polar surface area (TPSA) is 69.4 Å². The summed E-state index contributed by atoms with van der Waals surface area (Å²) in [6.45, 7) is 1.92. The summed E-state index contributed by atoms with van der Waals surface area (Å²) < 4.78 is 4.70. The fourth-order valence-electron chi connectivity index (χ4n) is 2.00. The molecule has 0 spiro atoms. The van der Waals surface area contributed by atoms with Gasteiger partial charge in [-0.15, -0.1) is 0 Å². The third-order valence-corrected chi connectivity index (χ3v) is 2.98. The summed E-state index contributed by atoms with van der Waals surface area (Å²) in [6, 6.07) is 11.6. The van der Waals surface area contributed by atoms with Crippen molar-refractivity contribution in [3.8, 4) is 11.1 Å². The second kappa shape index (κ2) is 5.52. The van der Waals surface area contributed by atoms with Gasteiger partial charge in [0.05, 0.1) is 23.2 Å². The van der Waals surface area contributed by atoms with E-state index in [1.165, 1.54) is 25.3 Å². The molecular weight excluding hydrogens is 258 g/mol. The van der Waals surface area contributed by atoms with Crippen molar-refractivity contribution in [1.29, 1.82) is 0 Å². The highest BCUT2D eigenvalue weighted by atomic mass is 16.6. The van der Waals surface area contributed by atoms with Crippen LogP contribution in [0.3, 0.4) is 0 Å². The quantitative estimate of drug-likeness (QED) is 0.487. The molecule has 2 rings (SSSR count). The lowest BCUT2D eigenvalue weighted by atomic mass is 9.97. The van der Waals surface area contributed by atoms with Gasteiger partial charge in [0.15, 0.2) is 0 Å². The highest BCUT2D eigenvalue weighted by Gasteiger charge is 2.23. The van der Waals surface area contributed by atoms with Gasteiger partial charge in [0.2, 0.25) is 0 Å². The number of benzene rings is 2. The number of esters is 1. The molecule has 0 aliphatic rings. The molecule has 0 bridgehead atoms. The SMILES string of the molecule is COC(=O)c1cccc([N+](=O)[O-])c1-c1ccc(C)cc1. The maximum absolute atomic E-state index is 11.8. The molecule has 0 atom stereocenters. The number of hydrogen-bond donors (Lipinski definition) is 0. The van der Waals surface area contributed by atoms with Crippen LogP contribution in [0.5, 0.6) is 0 Å². The van der Waals surface area contributed by atoms with E-state index in [9.17, 15) is 14.9 Å². The van der Waals surface area contributed by atoms with E-state index < -0.39 is 10.9 Å². The molecule has 0 radical (unpaired) electrons. The van der Waals surface area contributed by atoms with E-state index >= 15 is 0 Å².